The number of hydrogen-bond acceptors (Lipinski definition) is 4. The van der Waals surface area contributed by atoms with Crippen LogP contribution in [-0.2, 0) is 12.0 Å². The molecule has 0 radical (unpaired) electrons. The van der Waals surface area contributed by atoms with E-state index in [9.17, 15) is 4.79 Å². The molecule has 2 N–H and O–H groups in total. The van der Waals surface area contributed by atoms with Crippen molar-refractivity contribution in [2.45, 2.75) is 24.9 Å². The van der Waals surface area contributed by atoms with Crippen LogP contribution in [-0.4, -0.2) is 30.6 Å². The third kappa shape index (κ3) is 5.71. The number of halogens is 1. The highest BCUT2D eigenvalue weighted by atomic mass is 35.5. The van der Waals surface area contributed by atoms with Crippen LogP contribution >= 0.6 is 11.6 Å². The summed E-state index contributed by atoms with van der Waals surface area (Å²) in [6, 6.07) is 47.1. The topological polar surface area (TPSA) is 88.5 Å². The SMILES string of the molecule is CC(NC(=O)c1nc2cc3c(-c4ccncc4)nn(CC(c4ccccc4)(c4ccccc4)c4ccccc4)c3cc2[nH]1)c1cccc(Cl)c1. The minimum atomic E-state index is -0.581. The molecule has 0 aliphatic carbocycles. The molecule has 8 heteroatoms. The molecule has 8 rings (SSSR count). The van der Waals surface area contributed by atoms with E-state index in [1.807, 2.05) is 67.6 Å². The Hall–Kier alpha value is -6.05. The first-order chi connectivity index (χ1) is 24.5. The molecular formula is C42H33ClN6O. The number of pyridine rings is 1. The molecular weight excluding hydrogens is 640 g/mol. The molecule has 7 nitrogen and oxygen atoms in total. The maximum atomic E-state index is 13.5. The average molecular weight is 673 g/mol. The van der Waals surface area contributed by atoms with E-state index in [2.05, 4.69) is 98.8 Å². The van der Waals surface area contributed by atoms with Crippen LogP contribution in [0.5, 0.6) is 0 Å². The van der Waals surface area contributed by atoms with Gasteiger partial charge in [-0.05, 0) is 65.6 Å². The van der Waals surface area contributed by atoms with Gasteiger partial charge in [0.15, 0.2) is 5.82 Å². The lowest BCUT2D eigenvalue weighted by molar-refractivity contribution is 0.0930. The van der Waals surface area contributed by atoms with Crippen LogP contribution in [0.25, 0.3) is 33.2 Å². The highest BCUT2D eigenvalue weighted by Crippen LogP contribution is 2.42. The second-order valence-corrected chi connectivity index (χ2v) is 12.9. The second kappa shape index (κ2) is 13.1. The van der Waals surface area contributed by atoms with Gasteiger partial charge >= 0.3 is 0 Å². The zero-order chi connectivity index (χ0) is 34.1. The molecule has 1 unspecified atom stereocenters. The van der Waals surface area contributed by atoms with E-state index in [0.29, 0.717) is 17.1 Å². The van der Waals surface area contributed by atoms with Crippen molar-refractivity contribution in [3.8, 4) is 11.3 Å². The summed E-state index contributed by atoms with van der Waals surface area (Å²) in [6.45, 7) is 2.44. The molecule has 244 valence electrons. The lowest BCUT2D eigenvalue weighted by Crippen LogP contribution is -2.35. The molecule has 3 heterocycles. The Bertz CT molecular complexity index is 2330. The van der Waals surface area contributed by atoms with Crippen LogP contribution in [0.3, 0.4) is 0 Å². The zero-order valence-electron chi connectivity index (χ0n) is 27.3. The third-order valence-corrected chi connectivity index (χ3v) is 9.64. The van der Waals surface area contributed by atoms with Gasteiger partial charge in [-0.25, -0.2) is 4.98 Å². The van der Waals surface area contributed by atoms with Gasteiger partial charge in [-0.1, -0.05) is 115 Å². The first kappa shape index (κ1) is 31.2. The number of hydrogen-bond donors (Lipinski definition) is 2. The number of carbonyl (C=O) groups is 1. The van der Waals surface area contributed by atoms with Crippen molar-refractivity contribution in [3.63, 3.8) is 0 Å². The fraction of sp³-hybridized carbons (Fsp3) is 0.0952. The number of carbonyl (C=O) groups excluding carboxylic acids is 1. The fourth-order valence-corrected chi connectivity index (χ4v) is 7.12. The highest BCUT2D eigenvalue weighted by Gasteiger charge is 2.38. The standard InChI is InChI=1S/C42H33ClN6O/c1-28(30-12-11-19-34(43)24-30)45-41(50)40-46-36-25-35-38(26-37(36)47-40)49(48-39(35)29-20-22-44-23-21-29)27-42(31-13-5-2-6-14-31,32-15-7-3-8-16-32)33-17-9-4-10-18-33/h2-26,28H,27H2,1H3,(H,45,50)(H,46,47). The highest BCUT2D eigenvalue weighted by molar-refractivity contribution is 6.30. The molecule has 0 saturated carbocycles. The summed E-state index contributed by atoms with van der Waals surface area (Å²) in [6.07, 6.45) is 3.55. The van der Waals surface area contributed by atoms with Crippen LogP contribution in [0.4, 0.5) is 0 Å². The monoisotopic (exact) mass is 672 g/mol. The quantitative estimate of drug-likeness (QED) is 0.150. The number of aromatic amines is 1. The number of amides is 1. The van der Waals surface area contributed by atoms with Crippen molar-refractivity contribution in [2.75, 3.05) is 0 Å². The molecule has 8 aromatic rings. The van der Waals surface area contributed by atoms with Crippen LogP contribution in [0, 0.1) is 0 Å². The van der Waals surface area contributed by atoms with Gasteiger partial charge in [0.05, 0.1) is 34.6 Å². The van der Waals surface area contributed by atoms with Gasteiger partial charge in [-0.2, -0.15) is 5.10 Å². The Balaban J connectivity index is 1.29. The van der Waals surface area contributed by atoms with Crippen molar-refractivity contribution < 1.29 is 4.79 Å². The molecule has 50 heavy (non-hydrogen) atoms. The minimum absolute atomic E-state index is 0.235. The summed E-state index contributed by atoms with van der Waals surface area (Å²) >= 11 is 6.21. The molecule has 0 aliphatic rings. The van der Waals surface area contributed by atoms with E-state index < -0.39 is 5.41 Å². The lowest BCUT2D eigenvalue weighted by Gasteiger charge is -2.36. The number of imidazole rings is 1. The van der Waals surface area contributed by atoms with Crippen molar-refractivity contribution in [2.24, 2.45) is 0 Å². The Kier molecular flexibility index (Phi) is 8.18. The Morgan fingerprint density at radius 2 is 1.42 bits per heavy atom. The molecule has 0 saturated heterocycles. The number of nitrogens with zero attached hydrogens (tertiary/aromatic N) is 4. The normalized spacial score (nSPS) is 12.3. The second-order valence-electron chi connectivity index (χ2n) is 12.5. The van der Waals surface area contributed by atoms with Gasteiger partial charge in [-0.15, -0.1) is 0 Å². The van der Waals surface area contributed by atoms with E-state index in [-0.39, 0.29) is 17.8 Å². The number of fused-ring (bicyclic) bond motifs is 2. The van der Waals surface area contributed by atoms with Crippen LogP contribution in [0.1, 0.15) is 45.8 Å². The summed E-state index contributed by atoms with van der Waals surface area (Å²) in [7, 11) is 0. The zero-order valence-corrected chi connectivity index (χ0v) is 28.0. The maximum absolute atomic E-state index is 13.5. The number of nitrogens with one attached hydrogen (secondary N) is 2. The number of benzene rings is 5. The molecule has 0 spiro atoms. The number of H-pyrrole nitrogens is 1. The first-order valence-electron chi connectivity index (χ1n) is 16.5. The van der Waals surface area contributed by atoms with Crippen molar-refractivity contribution in [1.29, 1.82) is 0 Å². The molecule has 0 aliphatic heterocycles. The summed E-state index contributed by atoms with van der Waals surface area (Å²) in [5, 5.41) is 9.92. The fourth-order valence-electron chi connectivity index (χ4n) is 6.92. The summed E-state index contributed by atoms with van der Waals surface area (Å²) in [5.74, 6) is -0.0660. The predicted molar refractivity (Wildman–Crippen MR) is 199 cm³/mol. The summed E-state index contributed by atoms with van der Waals surface area (Å²) in [5.41, 5.74) is 7.88. The van der Waals surface area contributed by atoms with Crippen LogP contribution in [0.2, 0.25) is 5.02 Å². The van der Waals surface area contributed by atoms with E-state index in [1.165, 1.54) is 0 Å². The smallest absolute Gasteiger partial charge is 0.287 e. The largest absolute Gasteiger partial charge is 0.343 e. The van der Waals surface area contributed by atoms with Crippen LogP contribution in [0.15, 0.2) is 152 Å². The summed E-state index contributed by atoms with van der Waals surface area (Å²) < 4.78 is 2.10. The number of aromatic nitrogens is 5. The molecule has 1 atom stereocenters. The van der Waals surface area contributed by atoms with E-state index in [0.717, 1.165) is 49.9 Å². The first-order valence-corrected chi connectivity index (χ1v) is 16.9. The van der Waals surface area contributed by atoms with Crippen molar-refractivity contribution in [1.82, 2.24) is 30.0 Å². The van der Waals surface area contributed by atoms with Gasteiger partial charge in [-0.3, -0.25) is 14.5 Å². The van der Waals surface area contributed by atoms with Crippen molar-refractivity contribution >= 4 is 39.4 Å². The van der Waals surface area contributed by atoms with Gasteiger partial charge in [0.25, 0.3) is 5.91 Å². The van der Waals surface area contributed by atoms with Gasteiger partial charge in [0.2, 0.25) is 0 Å². The van der Waals surface area contributed by atoms with Gasteiger partial charge in [0.1, 0.15) is 5.69 Å². The molecule has 1 amide bonds. The van der Waals surface area contributed by atoms with Gasteiger partial charge in [0, 0.05) is 28.4 Å². The minimum Gasteiger partial charge on any atom is -0.343 e. The third-order valence-electron chi connectivity index (χ3n) is 9.41. The predicted octanol–water partition coefficient (Wildman–Crippen LogP) is 9.15. The molecule has 3 aromatic heterocycles. The van der Waals surface area contributed by atoms with E-state index in [1.54, 1.807) is 12.4 Å². The summed E-state index contributed by atoms with van der Waals surface area (Å²) in [4.78, 5) is 25.8. The Morgan fingerprint density at radius 3 is 2.02 bits per heavy atom. The molecule has 5 aromatic carbocycles. The Morgan fingerprint density at radius 1 is 0.800 bits per heavy atom. The lowest BCUT2D eigenvalue weighted by atomic mass is 9.69. The Labute approximate surface area is 294 Å². The molecule has 0 bridgehead atoms. The van der Waals surface area contributed by atoms with Gasteiger partial charge < -0.3 is 10.3 Å². The molecule has 0 fully saturated rings. The van der Waals surface area contributed by atoms with Crippen molar-refractivity contribution in [3.05, 3.63) is 185 Å². The number of rotatable bonds is 9. The van der Waals surface area contributed by atoms with E-state index in [4.69, 9.17) is 21.7 Å². The maximum Gasteiger partial charge on any atom is 0.287 e. The van der Waals surface area contributed by atoms with Crippen LogP contribution < -0.4 is 5.32 Å². The average Bonchev–Trinajstić information content (AvgIpc) is 3.75. The van der Waals surface area contributed by atoms with E-state index >= 15 is 0 Å².